The fourth-order valence-electron chi connectivity index (χ4n) is 4.37. The van der Waals surface area contributed by atoms with Gasteiger partial charge in [0.1, 0.15) is 12.4 Å². The van der Waals surface area contributed by atoms with E-state index < -0.39 is 17.8 Å². The first-order valence-corrected chi connectivity index (χ1v) is 14.2. The van der Waals surface area contributed by atoms with Crippen molar-refractivity contribution < 1.29 is 49.0 Å². The molecule has 0 saturated carbocycles. The van der Waals surface area contributed by atoms with Crippen LogP contribution in [0.4, 0.5) is 0 Å². The van der Waals surface area contributed by atoms with Gasteiger partial charge in [-0.05, 0) is 66.8 Å². The molecule has 0 bridgehead atoms. The summed E-state index contributed by atoms with van der Waals surface area (Å²) in [6, 6.07) is 24.6. The number of halogens is 1. The van der Waals surface area contributed by atoms with Crippen LogP contribution in [0.5, 0.6) is 5.75 Å². The maximum atomic E-state index is 11.9. The molecule has 0 spiro atoms. The summed E-state index contributed by atoms with van der Waals surface area (Å²) in [7, 11) is 0. The Labute approximate surface area is 266 Å². The van der Waals surface area contributed by atoms with Crippen LogP contribution in [-0.4, -0.2) is 22.6 Å². The Bertz CT molecular complexity index is 1470. The number of nitrogens with zero attached hydrogens (tertiary/aromatic N) is 1. The van der Waals surface area contributed by atoms with Crippen molar-refractivity contribution in [2.24, 2.45) is 11.7 Å². The SMILES string of the molecule is CCC(CSC(CCc1ccccc1C(N)=O)c1cccc(OCc2ccc3ccc(Cl)cc3n2)c1)C(=O)[O-].[Na+]. The van der Waals surface area contributed by atoms with Crippen LogP contribution in [0.1, 0.15) is 52.2 Å². The molecule has 202 valence electrons. The molecule has 0 aliphatic heterocycles. The molecule has 1 amide bonds. The number of rotatable bonds is 13. The van der Waals surface area contributed by atoms with Crippen LogP contribution in [-0.2, 0) is 17.8 Å². The molecule has 2 N–H and O–H groups in total. The van der Waals surface area contributed by atoms with Crippen molar-refractivity contribution in [1.29, 1.82) is 0 Å². The maximum absolute atomic E-state index is 11.9. The molecule has 6 nitrogen and oxygen atoms in total. The van der Waals surface area contributed by atoms with Crippen LogP contribution in [0.2, 0.25) is 5.02 Å². The fourth-order valence-corrected chi connectivity index (χ4v) is 6.00. The van der Waals surface area contributed by atoms with Crippen molar-refractivity contribution in [3.63, 3.8) is 0 Å². The third kappa shape index (κ3) is 8.72. The Morgan fingerprint density at radius 1 is 1.05 bits per heavy atom. The summed E-state index contributed by atoms with van der Waals surface area (Å²) in [6.45, 7) is 2.14. The van der Waals surface area contributed by atoms with Crippen molar-refractivity contribution in [2.75, 3.05) is 5.75 Å². The molecule has 1 aromatic heterocycles. The van der Waals surface area contributed by atoms with E-state index in [1.165, 1.54) is 0 Å². The van der Waals surface area contributed by atoms with E-state index in [0.29, 0.717) is 41.4 Å². The Morgan fingerprint density at radius 2 is 1.82 bits per heavy atom. The van der Waals surface area contributed by atoms with Crippen molar-refractivity contribution in [1.82, 2.24) is 4.98 Å². The molecular formula is C31H30ClN2NaO4S. The summed E-state index contributed by atoms with van der Waals surface area (Å²) in [4.78, 5) is 28.1. The number of hydrogen-bond donors (Lipinski definition) is 1. The number of carboxylic acid groups (broad SMARTS) is 1. The van der Waals surface area contributed by atoms with Gasteiger partial charge in [-0.15, -0.1) is 0 Å². The number of thioether (sulfide) groups is 1. The van der Waals surface area contributed by atoms with E-state index in [2.05, 4.69) is 4.98 Å². The zero-order valence-corrected chi connectivity index (χ0v) is 26.2. The van der Waals surface area contributed by atoms with Gasteiger partial charge in [-0.2, -0.15) is 11.8 Å². The molecule has 40 heavy (non-hydrogen) atoms. The number of hydrogen-bond acceptors (Lipinski definition) is 6. The Morgan fingerprint density at radius 3 is 2.58 bits per heavy atom. The monoisotopic (exact) mass is 584 g/mol. The van der Waals surface area contributed by atoms with E-state index in [0.717, 1.165) is 27.7 Å². The number of carbonyl (C=O) groups is 2. The Balaban J connectivity index is 0.00000441. The number of carboxylic acids is 1. The van der Waals surface area contributed by atoms with Crippen LogP contribution < -0.4 is 45.1 Å². The number of fused-ring (bicyclic) bond motifs is 1. The first kappa shape index (κ1) is 32.0. The number of aromatic nitrogens is 1. The minimum absolute atomic E-state index is 0. The van der Waals surface area contributed by atoms with Gasteiger partial charge in [0.05, 0.1) is 11.2 Å². The summed E-state index contributed by atoms with van der Waals surface area (Å²) >= 11 is 7.70. The van der Waals surface area contributed by atoms with Crippen LogP contribution in [0.25, 0.3) is 10.9 Å². The van der Waals surface area contributed by atoms with Gasteiger partial charge in [0.15, 0.2) is 0 Å². The summed E-state index contributed by atoms with van der Waals surface area (Å²) < 4.78 is 6.09. The molecule has 9 heteroatoms. The predicted molar refractivity (Wildman–Crippen MR) is 155 cm³/mol. The first-order valence-electron chi connectivity index (χ1n) is 12.8. The molecule has 4 rings (SSSR count). The zero-order chi connectivity index (χ0) is 27.8. The van der Waals surface area contributed by atoms with Crippen molar-refractivity contribution >= 4 is 46.1 Å². The number of nitrogens with two attached hydrogens (primary N) is 1. The number of pyridine rings is 1. The molecule has 3 aromatic carbocycles. The van der Waals surface area contributed by atoms with Gasteiger partial charge >= 0.3 is 29.6 Å². The molecule has 1 heterocycles. The van der Waals surface area contributed by atoms with Gasteiger partial charge in [-0.1, -0.05) is 61.0 Å². The number of benzene rings is 3. The molecule has 0 saturated heterocycles. The van der Waals surface area contributed by atoms with Gasteiger partial charge in [-0.3, -0.25) is 4.79 Å². The summed E-state index contributed by atoms with van der Waals surface area (Å²) in [5, 5.41) is 13.2. The van der Waals surface area contributed by atoms with E-state index in [1.54, 1.807) is 23.9 Å². The quantitative estimate of drug-likeness (QED) is 0.242. The van der Waals surface area contributed by atoms with Crippen molar-refractivity contribution in [3.05, 3.63) is 106 Å². The minimum atomic E-state index is -1.04. The molecule has 2 atom stereocenters. The van der Waals surface area contributed by atoms with E-state index in [9.17, 15) is 14.7 Å². The molecule has 0 aliphatic rings. The normalized spacial score (nSPS) is 12.3. The largest absolute Gasteiger partial charge is 1.00 e. The smallest absolute Gasteiger partial charge is 0.550 e. The molecule has 4 aromatic rings. The predicted octanol–water partition coefficient (Wildman–Crippen LogP) is 2.75. The van der Waals surface area contributed by atoms with Gasteiger partial charge in [0.25, 0.3) is 0 Å². The second-order valence-corrected chi connectivity index (χ2v) is 11.0. The Hall–Kier alpha value is -2.55. The Kier molecular flexibility index (Phi) is 12.3. The number of ether oxygens (including phenoxy) is 1. The second kappa shape index (κ2) is 15.5. The molecular weight excluding hydrogens is 555 g/mol. The maximum Gasteiger partial charge on any atom is 1.00 e. The number of amides is 1. The van der Waals surface area contributed by atoms with E-state index in [4.69, 9.17) is 22.1 Å². The average Bonchev–Trinajstić information content (AvgIpc) is 2.93. The van der Waals surface area contributed by atoms with Gasteiger partial charge in [-0.25, -0.2) is 4.98 Å². The van der Waals surface area contributed by atoms with E-state index in [-0.39, 0.29) is 41.4 Å². The summed E-state index contributed by atoms with van der Waals surface area (Å²) in [5.74, 6) is -0.921. The van der Waals surface area contributed by atoms with Gasteiger partial charge < -0.3 is 20.4 Å². The van der Waals surface area contributed by atoms with Gasteiger partial charge in [0.2, 0.25) is 5.91 Å². The zero-order valence-electron chi connectivity index (χ0n) is 22.6. The van der Waals surface area contributed by atoms with Gasteiger partial charge in [0, 0.05) is 38.9 Å². The minimum Gasteiger partial charge on any atom is -0.550 e. The number of carbonyl (C=O) groups excluding carboxylic acids is 2. The van der Waals surface area contributed by atoms with Crippen molar-refractivity contribution in [3.8, 4) is 5.75 Å². The fraction of sp³-hybridized carbons (Fsp3) is 0.258. The number of aliphatic carboxylic acids is 1. The van der Waals surface area contributed by atoms with E-state index >= 15 is 0 Å². The van der Waals surface area contributed by atoms with Crippen molar-refractivity contribution in [2.45, 2.75) is 38.0 Å². The summed E-state index contributed by atoms with van der Waals surface area (Å²) in [6.07, 6.45) is 1.81. The van der Waals surface area contributed by atoms with Crippen LogP contribution >= 0.6 is 23.4 Å². The number of aryl methyl sites for hydroxylation is 1. The molecule has 0 radical (unpaired) electrons. The third-order valence-electron chi connectivity index (χ3n) is 6.61. The van der Waals surface area contributed by atoms with Crippen LogP contribution in [0.15, 0.2) is 78.9 Å². The molecule has 0 aliphatic carbocycles. The summed E-state index contributed by atoms with van der Waals surface area (Å²) in [5.41, 5.74) is 9.56. The van der Waals surface area contributed by atoms with E-state index in [1.807, 2.05) is 73.7 Å². The number of primary amides is 1. The topological polar surface area (TPSA) is 105 Å². The second-order valence-electron chi connectivity index (χ2n) is 9.31. The molecule has 0 fully saturated rings. The van der Waals surface area contributed by atoms with Crippen LogP contribution in [0, 0.1) is 5.92 Å². The molecule has 2 unspecified atom stereocenters. The first-order chi connectivity index (χ1) is 18.8. The standard InChI is InChI=1S/C31H31ClN2O4S.Na/c1-2-20(31(36)37)19-39-29(15-12-21-6-3-4-9-27(21)30(33)35)23-7-5-8-26(16-23)38-18-25-14-11-22-10-13-24(32)17-28(22)34-25;/h3-11,13-14,16-17,20,29H,2,12,15,18-19H2,1H3,(H2,33,35)(H,36,37);/q;+1/p-1. The average molecular weight is 585 g/mol. The third-order valence-corrected chi connectivity index (χ3v) is 8.35. The van der Waals surface area contributed by atoms with Crippen LogP contribution in [0.3, 0.4) is 0 Å².